The second-order valence-corrected chi connectivity index (χ2v) is 7.43. The molecule has 0 spiro atoms. The first-order valence-electron chi connectivity index (χ1n) is 8.73. The van der Waals surface area contributed by atoms with Crippen molar-refractivity contribution >= 4 is 5.91 Å². The lowest BCUT2D eigenvalue weighted by Gasteiger charge is -2.35. The first kappa shape index (κ1) is 16.8. The third kappa shape index (κ3) is 5.59. The number of carbonyl (C=O) groups is 1. The molecular formula is C17H33N3O. The van der Waals surface area contributed by atoms with Crippen molar-refractivity contribution < 1.29 is 4.79 Å². The Kier molecular flexibility index (Phi) is 6.49. The fraction of sp³-hybridized carbons (Fsp3) is 0.941. The Morgan fingerprint density at radius 1 is 1.14 bits per heavy atom. The molecule has 0 bridgehead atoms. The quantitative estimate of drug-likeness (QED) is 0.786. The van der Waals surface area contributed by atoms with Crippen molar-refractivity contribution in [3.05, 3.63) is 0 Å². The van der Waals surface area contributed by atoms with Gasteiger partial charge in [0.2, 0.25) is 5.91 Å². The zero-order valence-electron chi connectivity index (χ0n) is 14.1. The topological polar surface area (TPSA) is 35.6 Å². The molecule has 2 atom stereocenters. The fourth-order valence-electron chi connectivity index (χ4n) is 3.90. The van der Waals surface area contributed by atoms with E-state index in [2.05, 4.69) is 36.0 Å². The molecule has 0 saturated carbocycles. The van der Waals surface area contributed by atoms with Crippen molar-refractivity contribution in [2.45, 2.75) is 39.5 Å². The molecule has 21 heavy (non-hydrogen) atoms. The number of amides is 1. The Balaban J connectivity index is 1.58. The summed E-state index contributed by atoms with van der Waals surface area (Å²) >= 11 is 0. The van der Waals surface area contributed by atoms with E-state index in [-0.39, 0.29) is 11.8 Å². The summed E-state index contributed by atoms with van der Waals surface area (Å²) in [5.41, 5.74) is 0. The van der Waals surface area contributed by atoms with Gasteiger partial charge in [0.05, 0.1) is 0 Å². The minimum atomic E-state index is 0.247. The lowest BCUT2D eigenvalue weighted by molar-refractivity contribution is -0.126. The van der Waals surface area contributed by atoms with E-state index >= 15 is 0 Å². The van der Waals surface area contributed by atoms with Crippen molar-refractivity contribution in [3.8, 4) is 0 Å². The molecule has 122 valence electrons. The van der Waals surface area contributed by atoms with Crippen LogP contribution in [0.1, 0.15) is 39.5 Å². The molecule has 2 aliphatic heterocycles. The molecule has 2 rings (SSSR count). The summed E-state index contributed by atoms with van der Waals surface area (Å²) in [5, 5.41) is 3.15. The largest absolute Gasteiger partial charge is 0.356 e. The van der Waals surface area contributed by atoms with E-state index in [0.717, 1.165) is 57.3 Å². The van der Waals surface area contributed by atoms with E-state index in [4.69, 9.17) is 0 Å². The smallest absolute Gasteiger partial charge is 0.223 e. The van der Waals surface area contributed by atoms with Gasteiger partial charge in [0.15, 0.2) is 0 Å². The van der Waals surface area contributed by atoms with E-state index in [1.807, 2.05) is 0 Å². The van der Waals surface area contributed by atoms with Crippen LogP contribution >= 0.6 is 0 Å². The number of rotatable bonds is 5. The highest BCUT2D eigenvalue weighted by molar-refractivity contribution is 5.78. The molecule has 0 aromatic rings. The lowest BCUT2D eigenvalue weighted by Crippen LogP contribution is -2.41. The van der Waals surface area contributed by atoms with E-state index in [1.54, 1.807) is 0 Å². The Labute approximate surface area is 130 Å². The lowest BCUT2D eigenvalue weighted by atomic mass is 9.92. The highest BCUT2D eigenvalue weighted by Crippen LogP contribution is 2.20. The van der Waals surface area contributed by atoms with Crippen molar-refractivity contribution in [1.29, 1.82) is 0 Å². The molecular weight excluding hydrogens is 262 g/mol. The predicted molar refractivity (Wildman–Crippen MR) is 87.2 cm³/mol. The first-order chi connectivity index (χ1) is 10.0. The van der Waals surface area contributed by atoms with Crippen LogP contribution < -0.4 is 5.32 Å². The molecule has 2 heterocycles. The monoisotopic (exact) mass is 295 g/mol. The van der Waals surface area contributed by atoms with Gasteiger partial charge >= 0.3 is 0 Å². The summed E-state index contributed by atoms with van der Waals surface area (Å²) in [6.45, 7) is 11.2. The first-order valence-corrected chi connectivity index (χ1v) is 8.73. The van der Waals surface area contributed by atoms with Crippen LogP contribution in [0.25, 0.3) is 0 Å². The number of nitrogens with zero attached hydrogens (tertiary/aromatic N) is 2. The van der Waals surface area contributed by atoms with E-state index in [1.165, 1.54) is 19.5 Å². The number of carbonyl (C=O) groups excluding carboxylic acids is 1. The van der Waals surface area contributed by atoms with E-state index in [0.29, 0.717) is 0 Å². The van der Waals surface area contributed by atoms with E-state index in [9.17, 15) is 4.79 Å². The zero-order valence-corrected chi connectivity index (χ0v) is 14.1. The summed E-state index contributed by atoms with van der Waals surface area (Å²) < 4.78 is 0. The highest BCUT2D eigenvalue weighted by atomic mass is 16.1. The van der Waals surface area contributed by atoms with Gasteiger partial charge in [-0.2, -0.15) is 0 Å². The van der Waals surface area contributed by atoms with Gasteiger partial charge in [-0.25, -0.2) is 0 Å². The molecule has 4 nitrogen and oxygen atoms in total. The van der Waals surface area contributed by atoms with Gasteiger partial charge in [0.25, 0.3) is 0 Å². The van der Waals surface area contributed by atoms with Gasteiger partial charge < -0.3 is 15.1 Å². The Morgan fingerprint density at radius 3 is 2.38 bits per heavy atom. The minimum Gasteiger partial charge on any atom is -0.356 e. The molecule has 0 unspecified atom stereocenters. The number of hydrogen-bond acceptors (Lipinski definition) is 3. The van der Waals surface area contributed by atoms with Crippen LogP contribution in [-0.4, -0.2) is 62.0 Å². The molecule has 0 aromatic carbocycles. The Hall–Kier alpha value is -0.610. The average Bonchev–Trinajstić information content (AvgIpc) is 2.43. The number of nitrogens with one attached hydrogen (secondary N) is 1. The number of piperidine rings is 2. The Bertz CT molecular complexity index is 316. The second-order valence-electron chi connectivity index (χ2n) is 7.43. The number of likely N-dealkylation sites (tertiary alicyclic amines) is 2. The summed E-state index contributed by atoms with van der Waals surface area (Å²) in [6, 6.07) is 0. The molecule has 1 amide bonds. The van der Waals surface area contributed by atoms with Crippen molar-refractivity contribution in [3.63, 3.8) is 0 Å². The maximum absolute atomic E-state index is 12.1. The van der Waals surface area contributed by atoms with Gasteiger partial charge in [0, 0.05) is 25.6 Å². The SMILES string of the molecule is C[C@@H]1C[C@@H](C)CN(CCCNC(=O)C2CCN(C)CC2)C1. The van der Waals surface area contributed by atoms with Gasteiger partial charge in [-0.05, 0) is 64.2 Å². The van der Waals surface area contributed by atoms with Crippen LogP contribution in [0.5, 0.6) is 0 Å². The molecule has 2 aliphatic rings. The minimum absolute atomic E-state index is 0.247. The van der Waals surface area contributed by atoms with E-state index < -0.39 is 0 Å². The molecule has 0 aromatic heterocycles. The maximum Gasteiger partial charge on any atom is 0.223 e. The summed E-state index contributed by atoms with van der Waals surface area (Å²) in [5.74, 6) is 2.17. The predicted octanol–water partition coefficient (Wildman–Crippen LogP) is 1.81. The molecule has 0 aliphatic carbocycles. The fourth-order valence-corrected chi connectivity index (χ4v) is 3.90. The van der Waals surface area contributed by atoms with Crippen molar-refractivity contribution in [2.24, 2.45) is 17.8 Å². The van der Waals surface area contributed by atoms with Crippen LogP contribution in [0.3, 0.4) is 0 Å². The Morgan fingerprint density at radius 2 is 1.76 bits per heavy atom. The molecule has 2 saturated heterocycles. The van der Waals surface area contributed by atoms with Gasteiger partial charge in [-0.15, -0.1) is 0 Å². The average molecular weight is 295 g/mol. The maximum atomic E-state index is 12.1. The molecule has 1 N–H and O–H groups in total. The van der Waals surface area contributed by atoms with Crippen molar-refractivity contribution in [2.75, 3.05) is 46.3 Å². The summed E-state index contributed by atoms with van der Waals surface area (Å²) in [6.07, 6.45) is 4.48. The van der Waals surface area contributed by atoms with Gasteiger partial charge in [-0.3, -0.25) is 4.79 Å². The molecule has 4 heteroatoms. The zero-order chi connectivity index (χ0) is 15.2. The standard InChI is InChI=1S/C17H33N3O/c1-14-11-15(2)13-20(12-14)8-4-7-18-17(21)16-5-9-19(3)10-6-16/h14-16H,4-13H2,1-3H3,(H,18,21)/t14-,15-/m1/s1. The van der Waals surface area contributed by atoms with Crippen LogP contribution in [0.2, 0.25) is 0 Å². The second kappa shape index (κ2) is 8.14. The highest BCUT2D eigenvalue weighted by Gasteiger charge is 2.23. The summed E-state index contributed by atoms with van der Waals surface area (Å²) in [7, 11) is 2.13. The third-order valence-corrected chi connectivity index (χ3v) is 4.98. The van der Waals surface area contributed by atoms with Crippen LogP contribution in [0.15, 0.2) is 0 Å². The van der Waals surface area contributed by atoms with Crippen LogP contribution in [0.4, 0.5) is 0 Å². The van der Waals surface area contributed by atoms with Crippen LogP contribution in [0, 0.1) is 17.8 Å². The summed E-state index contributed by atoms with van der Waals surface area (Å²) in [4.78, 5) is 17.0. The van der Waals surface area contributed by atoms with Crippen LogP contribution in [-0.2, 0) is 4.79 Å². The van der Waals surface area contributed by atoms with Gasteiger partial charge in [0.1, 0.15) is 0 Å². The van der Waals surface area contributed by atoms with Crippen molar-refractivity contribution in [1.82, 2.24) is 15.1 Å². The third-order valence-electron chi connectivity index (χ3n) is 4.98. The molecule has 0 radical (unpaired) electrons. The molecule has 2 fully saturated rings. The normalized spacial score (nSPS) is 29.5. The van der Waals surface area contributed by atoms with Gasteiger partial charge in [-0.1, -0.05) is 13.8 Å². The number of hydrogen-bond donors (Lipinski definition) is 1.